The van der Waals surface area contributed by atoms with E-state index in [4.69, 9.17) is 9.84 Å². The highest BCUT2D eigenvalue weighted by Gasteiger charge is 2.29. The minimum atomic E-state index is -0.951. The third-order valence-electron chi connectivity index (χ3n) is 3.29. The summed E-state index contributed by atoms with van der Waals surface area (Å²) in [5.41, 5.74) is 0.229. The maximum Gasteiger partial charge on any atom is 0.306 e. The van der Waals surface area contributed by atoms with Crippen LogP contribution in [0.1, 0.15) is 25.8 Å². The molecule has 0 saturated heterocycles. The molecule has 0 saturated carbocycles. The Morgan fingerprint density at radius 1 is 1.30 bits per heavy atom. The molecule has 0 aliphatic heterocycles. The van der Waals surface area contributed by atoms with Gasteiger partial charge in [-0.25, -0.2) is 0 Å². The van der Waals surface area contributed by atoms with Crippen molar-refractivity contribution >= 4 is 11.9 Å². The fourth-order valence-electron chi connectivity index (χ4n) is 1.85. The van der Waals surface area contributed by atoms with E-state index in [1.807, 2.05) is 44.2 Å². The summed E-state index contributed by atoms with van der Waals surface area (Å²) < 4.78 is 5.03. The zero-order valence-corrected chi connectivity index (χ0v) is 12.1. The molecule has 0 aliphatic rings. The van der Waals surface area contributed by atoms with Gasteiger partial charge in [0.2, 0.25) is 5.91 Å². The number of methoxy groups -OCH3 is 1. The molecule has 1 atom stereocenters. The first-order valence-corrected chi connectivity index (χ1v) is 6.46. The van der Waals surface area contributed by atoms with Crippen LogP contribution in [0.25, 0.3) is 0 Å². The molecule has 0 aromatic heterocycles. The second-order valence-corrected chi connectivity index (χ2v) is 5.16. The third kappa shape index (κ3) is 4.35. The quantitative estimate of drug-likeness (QED) is 0.794. The number of carbonyl (C=O) groups is 2. The molecule has 110 valence electrons. The van der Waals surface area contributed by atoms with Crippen molar-refractivity contribution in [2.24, 2.45) is 0 Å². The van der Waals surface area contributed by atoms with Crippen LogP contribution in [0.3, 0.4) is 0 Å². The van der Waals surface area contributed by atoms with E-state index in [-0.39, 0.29) is 18.9 Å². The van der Waals surface area contributed by atoms with Gasteiger partial charge in [0, 0.05) is 13.7 Å². The zero-order valence-electron chi connectivity index (χ0n) is 12.1. The molecule has 20 heavy (non-hydrogen) atoms. The van der Waals surface area contributed by atoms with Crippen LogP contribution in [0, 0.1) is 0 Å². The smallest absolute Gasteiger partial charge is 0.306 e. The van der Waals surface area contributed by atoms with E-state index in [2.05, 4.69) is 5.32 Å². The van der Waals surface area contributed by atoms with Gasteiger partial charge in [-0.05, 0) is 19.4 Å². The SMILES string of the molecule is COC(CNC(=O)C(C)(C)c1ccccc1)CC(=O)O. The van der Waals surface area contributed by atoms with Crippen LogP contribution in [-0.2, 0) is 19.7 Å². The van der Waals surface area contributed by atoms with Crippen molar-refractivity contribution in [3.8, 4) is 0 Å². The van der Waals surface area contributed by atoms with Crippen molar-refractivity contribution in [2.75, 3.05) is 13.7 Å². The summed E-state index contributed by atoms with van der Waals surface area (Å²) in [5.74, 6) is -1.11. The molecule has 1 aromatic carbocycles. The van der Waals surface area contributed by atoms with E-state index < -0.39 is 17.5 Å². The number of ether oxygens (including phenoxy) is 1. The number of nitrogens with one attached hydrogen (secondary N) is 1. The predicted octanol–water partition coefficient (Wildman–Crippen LogP) is 1.57. The Labute approximate surface area is 118 Å². The molecular weight excluding hydrogens is 258 g/mol. The Hall–Kier alpha value is -1.88. The van der Waals surface area contributed by atoms with E-state index in [0.717, 1.165) is 5.56 Å². The molecule has 0 radical (unpaired) electrons. The van der Waals surface area contributed by atoms with Crippen molar-refractivity contribution in [1.82, 2.24) is 5.32 Å². The van der Waals surface area contributed by atoms with Crippen molar-refractivity contribution in [3.63, 3.8) is 0 Å². The van der Waals surface area contributed by atoms with E-state index in [1.54, 1.807) is 0 Å². The predicted molar refractivity (Wildman–Crippen MR) is 75.5 cm³/mol. The van der Waals surface area contributed by atoms with Crippen LogP contribution in [0.5, 0.6) is 0 Å². The molecule has 0 bridgehead atoms. The van der Waals surface area contributed by atoms with E-state index >= 15 is 0 Å². The molecule has 0 aliphatic carbocycles. The van der Waals surface area contributed by atoms with Crippen molar-refractivity contribution in [1.29, 1.82) is 0 Å². The average molecular weight is 279 g/mol. The molecule has 1 rings (SSSR count). The second kappa shape index (κ2) is 7.05. The summed E-state index contributed by atoms with van der Waals surface area (Å²) in [6.45, 7) is 3.84. The molecule has 5 nitrogen and oxygen atoms in total. The van der Waals surface area contributed by atoms with Gasteiger partial charge in [0.25, 0.3) is 0 Å². The van der Waals surface area contributed by atoms with Crippen LogP contribution in [0.2, 0.25) is 0 Å². The van der Waals surface area contributed by atoms with Gasteiger partial charge in [0.05, 0.1) is 17.9 Å². The van der Waals surface area contributed by atoms with Crippen LogP contribution >= 0.6 is 0 Å². The number of carboxylic acids is 1. The number of aliphatic carboxylic acids is 1. The molecule has 0 fully saturated rings. The topological polar surface area (TPSA) is 75.6 Å². The highest BCUT2D eigenvalue weighted by molar-refractivity contribution is 5.87. The first kappa shape index (κ1) is 16.2. The fraction of sp³-hybridized carbons (Fsp3) is 0.467. The lowest BCUT2D eigenvalue weighted by atomic mass is 9.84. The monoisotopic (exact) mass is 279 g/mol. The molecule has 1 unspecified atom stereocenters. The molecule has 0 heterocycles. The van der Waals surface area contributed by atoms with Gasteiger partial charge in [0.1, 0.15) is 0 Å². The lowest BCUT2D eigenvalue weighted by Gasteiger charge is -2.25. The van der Waals surface area contributed by atoms with E-state index in [9.17, 15) is 9.59 Å². The Kier molecular flexibility index (Phi) is 5.70. The van der Waals surface area contributed by atoms with E-state index in [0.29, 0.717) is 0 Å². The highest BCUT2D eigenvalue weighted by atomic mass is 16.5. The Bertz CT molecular complexity index is 456. The Morgan fingerprint density at radius 3 is 2.40 bits per heavy atom. The maximum atomic E-state index is 12.3. The standard InChI is InChI=1S/C15H21NO4/c1-15(2,11-7-5-4-6-8-11)14(19)16-10-12(20-3)9-13(17)18/h4-8,12H,9-10H2,1-3H3,(H,16,19)(H,17,18). The summed E-state index contributed by atoms with van der Waals surface area (Å²) in [6.07, 6.45) is -0.661. The lowest BCUT2D eigenvalue weighted by molar-refractivity contribution is -0.140. The molecule has 5 heteroatoms. The zero-order chi connectivity index (χ0) is 15.2. The first-order valence-electron chi connectivity index (χ1n) is 6.46. The van der Waals surface area contributed by atoms with Crippen LogP contribution in [0.4, 0.5) is 0 Å². The van der Waals surface area contributed by atoms with Crippen molar-refractivity contribution < 1.29 is 19.4 Å². The molecule has 1 amide bonds. The minimum Gasteiger partial charge on any atom is -0.481 e. The summed E-state index contributed by atoms with van der Waals surface area (Å²) in [6, 6.07) is 9.44. The van der Waals surface area contributed by atoms with Gasteiger partial charge < -0.3 is 15.2 Å². The number of amides is 1. The Balaban J connectivity index is 2.64. The first-order chi connectivity index (χ1) is 9.37. The summed E-state index contributed by atoms with van der Waals surface area (Å²) in [5, 5.41) is 11.5. The third-order valence-corrected chi connectivity index (χ3v) is 3.29. The number of carbonyl (C=O) groups excluding carboxylic acids is 1. The summed E-state index contributed by atoms with van der Waals surface area (Å²) in [4.78, 5) is 22.9. The summed E-state index contributed by atoms with van der Waals surface area (Å²) in [7, 11) is 1.43. The van der Waals surface area contributed by atoms with Crippen molar-refractivity contribution in [2.45, 2.75) is 31.8 Å². The van der Waals surface area contributed by atoms with Gasteiger partial charge in [-0.2, -0.15) is 0 Å². The number of hydrogen-bond donors (Lipinski definition) is 2. The number of carboxylic acid groups (broad SMARTS) is 1. The largest absolute Gasteiger partial charge is 0.481 e. The molecule has 2 N–H and O–H groups in total. The van der Waals surface area contributed by atoms with E-state index in [1.165, 1.54) is 7.11 Å². The van der Waals surface area contributed by atoms with Crippen LogP contribution in [-0.4, -0.2) is 36.7 Å². The molecule has 1 aromatic rings. The van der Waals surface area contributed by atoms with Crippen LogP contribution < -0.4 is 5.32 Å². The van der Waals surface area contributed by atoms with Gasteiger partial charge in [-0.1, -0.05) is 30.3 Å². The Morgan fingerprint density at radius 2 is 1.90 bits per heavy atom. The summed E-state index contributed by atoms with van der Waals surface area (Å²) >= 11 is 0. The highest BCUT2D eigenvalue weighted by Crippen LogP contribution is 2.22. The number of rotatable bonds is 7. The number of hydrogen-bond acceptors (Lipinski definition) is 3. The maximum absolute atomic E-state index is 12.3. The van der Waals surface area contributed by atoms with Crippen molar-refractivity contribution in [3.05, 3.63) is 35.9 Å². The second-order valence-electron chi connectivity index (χ2n) is 5.16. The lowest BCUT2D eigenvalue weighted by Crippen LogP contribution is -2.43. The number of benzene rings is 1. The van der Waals surface area contributed by atoms with Crippen LogP contribution in [0.15, 0.2) is 30.3 Å². The normalized spacial score (nSPS) is 12.8. The average Bonchev–Trinajstić information content (AvgIpc) is 2.43. The fourth-order valence-corrected chi connectivity index (χ4v) is 1.85. The van der Waals surface area contributed by atoms with Gasteiger partial charge >= 0.3 is 5.97 Å². The van der Waals surface area contributed by atoms with Gasteiger partial charge in [-0.3, -0.25) is 9.59 Å². The van der Waals surface area contributed by atoms with Gasteiger partial charge in [-0.15, -0.1) is 0 Å². The minimum absolute atomic E-state index is 0.136. The molecule has 0 spiro atoms. The molecular formula is C15H21NO4. The van der Waals surface area contributed by atoms with Gasteiger partial charge in [0.15, 0.2) is 0 Å².